The van der Waals surface area contributed by atoms with Crippen molar-refractivity contribution in [2.75, 3.05) is 23.3 Å². The third-order valence-electron chi connectivity index (χ3n) is 2.63. The molecule has 0 radical (unpaired) electrons. The van der Waals surface area contributed by atoms with E-state index in [9.17, 15) is 4.79 Å². The van der Waals surface area contributed by atoms with E-state index in [1.807, 2.05) is 19.9 Å². The van der Waals surface area contributed by atoms with E-state index in [1.54, 1.807) is 12.1 Å². The molecule has 0 aromatic carbocycles. The van der Waals surface area contributed by atoms with Gasteiger partial charge < -0.3 is 4.90 Å². The summed E-state index contributed by atoms with van der Waals surface area (Å²) < 4.78 is 0. The van der Waals surface area contributed by atoms with E-state index in [-0.39, 0.29) is 11.9 Å². The van der Waals surface area contributed by atoms with Crippen molar-refractivity contribution in [3.63, 3.8) is 0 Å². The summed E-state index contributed by atoms with van der Waals surface area (Å²) in [7, 11) is 0. The fourth-order valence-corrected chi connectivity index (χ4v) is 1.65. The highest BCUT2D eigenvalue weighted by atomic mass is 16.2. The number of rotatable bonds is 5. The molecule has 2 heterocycles. The molecule has 0 bridgehead atoms. The number of tetrazole rings is 1. The minimum Gasteiger partial charge on any atom is -0.357 e. The minimum absolute atomic E-state index is 0.125. The van der Waals surface area contributed by atoms with Crippen molar-refractivity contribution >= 4 is 17.7 Å². The van der Waals surface area contributed by atoms with E-state index in [1.165, 1.54) is 0 Å². The number of amides is 1. The van der Waals surface area contributed by atoms with E-state index in [0.29, 0.717) is 5.69 Å². The molecule has 2 aromatic heterocycles. The Hall–Kier alpha value is -2.51. The summed E-state index contributed by atoms with van der Waals surface area (Å²) in [6.45, 7) is 5.74. The van der Waals surface area contributed by atoms with E-state index >= 15 is 0 Å². The van der Waals surface area contributed by atoms with Crippen LogP contribution in [0.4, 0.5) is 11.8 Å². The molecule has 0 unspecified atom stereocenters. The third kappa shape index (κ3) is 3.03. The number of pyridine rings is 1. The Labute approximate surface area is 110 Å². The monoisotopic (exact) mass is 261 g/mol. The number of aromatic amines is 1. The maximum absolute atomic E-state index is 11.9. The van der Waals surface area contributed by atoms with Gasteiger partial charge in [0.15, 0.2) is 0 Å². The van der Waals surface area contributed by atoms with Crippen LogP contribution >= 0.6 is 0 Å². The topological polar surface area (TPSA) is 99.7 Å². The van der Waals surface area contributed by atoms with Crippen LogP contribution in [0.3, 0.4) is 0 Å². The zero-order valence-electron chi connectivity index (χ0n) is 10.8. The number of H-pyrrole nitrogens is 1. The van der Waals surface area contributed by atoms with Gasteiger partial charge in [0.05, 0.1) is 0 Å². The van der Waals surface area contributed by atoms with Gasteiger partial charge in [-0.1, -0.05) is 11.2 Å². The van der Waals surface area contributed by atoms with Crippen molar-refractivity contribution < 1.29 is 4.79 Å². The molecular weight excluding hydrogens is 246 g/mol. The molecule has 100 valence electrons. The summed E-state index contributed by atoms with van der Waals surface area (Å²) in [4.78, 5) is 18.3. The largest absolute Gasteiger partial charge is 0.357 e. The number of carbonyl (C=O) groups is 1. The summed E-state index contributed by atoms with van der Waals surface area (Å²) in [6, 6.07) is 5.31. The van der Waals surface area contributed by atoms with Crippen molar-refractivity contribution in [1.82, 2.24) is 25.6 Å². The summed E-state index contributed by atoms with van der Waals surface area (Å²) in [6.07, 6.45) is 0. The quantitative estimate of drug-likeness (QED) is 0.821. The van der Waals surface area contributed by atoms with Gasteiger partial charge in [-0.3, -0.25) is 10.1 Å². The summed E-state index contributed by atoms with van der Waals surface area (Å²) >= 11 is 0. The fraction of sp³-hybridized carbons (Fsp3) is 0.364. The lowest BCUT2D eigenvalue weighted by Gasteiger charge is -2.19. The molecule has 0 aliphatic carbocycles. The van der Waals surface area contributed by atoms with Crippen LogP contribution in [0.15, 0.2) is 18.2 Å². The lowest BCUT2D eigenvalue weighted by Crippen LogP contribution is -2.24. The normalized spacial score (nSPS) is 10.2. The summed E-state index contributed by atoms with van der Waals surface area (Å²) in [5.74, 6) is 0.529. The molecule has 0 spiro atoms. The average molecular weight is 261 g/mol. The van der Waals surface area contributed by atoms with Gasteiger partial charge in [-0.15, -0.1) is 5.10 Å². The molecule has 2 N–H and O–H groups in total. The Morgan fingerprint density at radius 3 is 2.79 bits per heavy atom. The standard InChI is InChI=1S/C11H15N7O/c1-3-18(4-2)9-7-5-6-8(12-9)10(19)13-11-14-16-17-15-11/h5-7H,3-4H2,1-2H3,(H2,13,14,15,16,17,19). The van der Waals surface area contributed by atoms with E-state index < -0.39 is 0 Å². The van der Waals surface area contributed by atoms with Gasteiger partial charge in [0.25, 0.3) is 11.9 Å². The molecule has 0 aliphatic heterocycles. The summed E-state index contributed by atoms with van der Waals surface area (Å²) in [5.41, 5.74) is 0.314. The highest BCUT2D eigenvalue weighted by molar-refractivity contribution is 6.01. The van der Waals surface area contributed by atoms with Crippen molar-refractivity contribution in [2.45, 2.75) is 13.8 Å². The fourth-order valence-electron chi connectivity index (χ4n) is 1.65. The second-order valence-electron chi connectivity index (χ2n) is 3.74. The predicted octanol–water partition coefficient (Wildman–Crippen LogP) is 0.693. The molecule has 19 heavy (non-hydrogen) atoms. The maximum Gasteiger partial charge on any atom is 0.276 e. The van der Waals surface area contributed by atoms with E-state index in [4.69, 9.17) is 0 Å². The molecule has 0 atom stereocenters. The first kappa shape index (κ1) is 12.9. The number of nitrogens with zero attached hydrogens (tertiary/aromatic N) is 5. The van der Waals surface area contributed by atoms with Crippen molar-refractivity contribution in [3.8, 4) is 0 Å². The number of carbonyl (C=O) groups excluding carboxylic acids is 1. The Bertz CT molecular complexity index is 536. The van der Waals surface area contributed by atoms with Crippen LogP contribution in [-0.2, 0) is 0 Å². The molecule has 8 nitrogen and oxygen atoms in total. The Kier molecular flexibility index (Phi) is 4.01. The first-order valence-electron chi connectivity index (χ1n) is 6.01. The second-order valence-corrected chi connectivity index (χ2v) is 3.74. The van der Waals surface area contributed by atoms with Gasteiger partial charge in [0.2, 0.25) is 0 Å². The highest BCUT2D eigenvalue weighted by Crippen LogP contribution is 2.11. The molecule has 0 saturated heterocycles. The van der Waals surface area contributed by atoms with Crippen LogP contribution < -0.4 is 10.2 Å². The van der Waals surface area contributed by atoms with Crippen LogP contribution in [0.5, 0.6) is 0 Å². The van der Waals surface area contributed by atoms with Gasteiger partial charge in [0, 0.05) is 13.1 Å². The molecule has 2 rings (SSSR count). The lowest BCUT2D eigenvalue weighted by atomic mass is 10.3. The number of hydrogen-bond donors (Lipinski definition) is 2. The number of aromatic nitrogens is 5. The molecule has 8 heteroatoms. The maximum atomic E-state index is 11.9. The van der Waals surface area contributed by atoms with Gasteiger partial charge in [0.1, 0.15) is 11.5 Å². The van der Waals surface area contributed by atoms with Crippen molar-refractivity contribution in [3.05, 3.63) is 23.9 Å². The Balaban J connectivity index is 2.16. The second kappa shape index (κ2) is 5.89. The molecule has 2 aromatic rings. The first-order valence-corrected chi connectivity index (χ1v) is 6.01. The zero-order valence-corrected chi connectivity index (χ0v) is 10.8. The number of nitrogens with one attached hydrogen (secondary N) is 2. The Morgan fingerprint density at radius 2 is 2.16 bits per heavy atom. The van der Waals surface area contributed by atoms with Crippen LogP contribution in [0.25, 0.3) is 0 Å². The van der Waals surface area contributed by atoms with Crippen LogP contribution in [0, 0.1) is 0 Å². The molecule has 0 aliphatic rings. The van der Waals surface area contributed by atoms with Gasteiger partial charge in [-0.2, -0.15) is 5.21 Å². The van der Waals surface area contributed by atoms with Crippen LogP contribution in [0.2, 0.25) is 0 Å². The molecular formula is C11H15N7O. The smallest absolute Gasteiger partial charge is 0.276 e. The van der Waals surface area contributed by atoms with Crippen molar-refractivity contribution in [2.24, 2.45) is 0 Å². The average Bonchev–Trinajstić information content (AvgIpc) is 2.93. The van der Waals surface area contributed by atoms with Gasteiger partial charge in [-0.25, -0.2) is 4.98 Å². The summed E-state index contributed by atoms with van der Waals surface area (Å²) in [5, 5.41) is 15.4. The minimum atomic E-state index is -0.365. The first-order chi connectivity index (χ1) is 9.24. The van der Waals surface area contributed by atoms with E-state index in [0.717, 1.165) is 18.9 Å². The molecule has 0 fully saturated rings. The SMILES string of the molecule is CCN(CC)c1cccc(C(=O)Nc2nn[nH]n2)n1. The third-order valence-corrected chi connectivity index (χ3v) is 2.63. The zero-order chi connectivity index (χ0) is 13.7. The van der Waals surface area contributed by atoms with Crippen LogP contribution in [-0.4, -0.2) is 44.6 Å². The van der Waals surface area contributed by atoms with Crippen molar-refractivity contribution in [1.29, 1.82) is 0 Å². The van der Waals surface area contributed by atoms with Gasteiger partial charge >= 0.3 is 0 Å². The van der Waals surface area contributed by atoms with Crippen LogP contribution in [0.1, 0.15) is 24.3 Å². The molecule has 0 saturated carbocycles. The highest BCUT2D eigenvalue weighted by Gasteiger charge is 2.12. The number of anilines is 2. The number of hydrogen-bond acceptors (Lipinski definition) is 6. The Morgan fingerprint density at radius 1 is 1.37 bits per heavy atom. The van der Waals surface area contributed by atoms with E-state index in [2.05, 4.69) is 35.8 Å². The van der Waals surface area contributed by atoms with Gasteiger partial charge in [-0.05, 0) is 31.2 Å². The molecule has 1 amide bonds. The lowest BCUT2D eigenvalue weighted by molar-refractivity contribution is 0.102. The predicted molar refractivity (Wildman–Crippen MR) is 69.9 cm³/mol.